The summed E-state index contributed by atoms with van der Waals surface area (Å²) in [4.78, 5) is 37.7. The topological polar surface area (TPSA) is 76.4 Å². The maximum atomic E-state index is 12.8. The van der Waals surface area contributed by atoms with E-state index >= 15 is 0 Å². The SMILES string of the molecule is C=C1CCc2cccc(Cc3c(N[C@@H](c4ccc(C)o4)C(C)(C)C)c(=O)c3=O)c2C1=O. The van der Waals surface area contributed by atoms with Gasteiger partial charge in [0.15, 0.2) is 5.78 Å². The minimum atomic E-state index is -0.520. The summed E-state index contributed by atoms with van der Waals surface area (Å²) < 4.78 is 5.82. The Kier molecular flexibility index (Phi) is 5.08. The Balaban J connectivity index is 1.71. The molecule has 1 N–H and O–H groups in total. The molecule has 0 saturated heterocycles. The number of hydrogen-bond acceptors (Lipinski definition) is 5. The highest BCUT2D eigenvalue weighted by Crippen LogP contribution is 2.37. The number of nitrogens with one attached hydrogen (secondary N) is 1. The van der Waals surface area contributed by atoms with Crippen molar-refractivity contribution in [3.05, 3.63) is 96.7 Å². The van der Waals surface area contributed by atoms with E-state index < -0.39 is 10.9 Å². The van der Waals surface area contributed by atoms with Crippen molar-refractivity contribution in [2.45, 2.75) is 53.0 Å². The number of carbonyl (C=O) groups excluding carboxylic acids is 1. The van der Waals surface area contributed by atoms with Crippen molar-refractivity contribution >= 4 is 11.5 Å². The minimum Gasteiger partial charge on any atom is -0.464 e. The van der Waals surface area contributed by atoms with Gasteiger partial charge in [0.25, 0.3) is 0 Å². The van der Waals surface area contributed by atoms with E-state index in [0.29, 0.717) is 34.6 Å². The minimum absolute atomic E-state index is 0.0660. The fraction of sp³-hybridized carbons (Fsp3) is 0.346. The molecule has 31 heavy (non-hydrogen) atoms. The van der Waals surface area contributed by atoms with Gasteiger partial charge in [-0.2, -0.15) is 0 Å². The van der Waals surface area contributed by atoms with Crippen molar-refractivity contribution in [2.75, 3.05) is 5.32 Å². The molecule has 0 spiro atoms. The van der Waals surface area contributed by atoms with Gasteiger partial charge in [0.2, 0.25) is 10.9 Å². The Bertz CT molecular complexity index is 1260. The second-order valence-corrected chi connectivity index (χ2v) is 9.46. The number of Topliss-reactive ketones (excluding diaryl/α,β-unsaturated/α-hetero) is 1. The zero-order chi connectivity index (χ0) is 22.5. The van der Waals surface area contributed by atoms with Gasteiger partial charge in [-0.15, -0.1) is 0 Å². The Morgan fingerprint density at radius 2 is 1.81 bits per heavy atom. The van der Waals surface area contributed by atoms with Crippen LogP contribution in [0.5, 0.6) is 0 Å². The number of hydrogen-bond donors (Lipinski definition) is 1. The van der Waals surface area contributed by atoms with Crippen LogP contribution < -0.4 is 16.2 Å². The van der Waals surface area contributed by atoms with Crippen LogP contribution in [0.1, 0.15) is 71.8 Å². The van der Waals surface area contributed by atoms with E-state index in [-0.39, 0.29) is 23.7 Å². The van der Waals surface area contributed by atoms with E-state index in [1.54, 1.807) is 0 Å². The second kappa shape index (κ2) is 7.49. The van der Waals surface area contributed by atoms with Crippen molar-refractivity contribution in [1.29, 1.82) is 0 Å². The zero-order valence-corrected chi connectivity index (χ0v) is 18.4. The average molecular weight is 418 g/mol. The fourth-order valence-electron chi connectivity index (χ4n) is 4.29. The maximum Gasteiger partial charge on any atom is 0.249 e. The third-order valence-electron chi connectivity index (χ3n) is 6.06. The van der Waals surface area contributed by atoms with Crippen LogP contribution in [0.25, 0.3) is 0 Å². The van der Waals surface area contributed by atoms with Crippen LogP contribution in [0, 0.1) is 12.3 Å². The second-order valence-electron chi connectivity index (χ2n) is 9.46. The largest absolute Gasteiger partial charge is 0.464 e. The van der Waals surface area contributed by atoms with E-state index in [0.717, 1.165) is 23.3 Å². The summed E-state index contributed by atoms with van der Waals surface area (Å²) in [6.45, 7) is 11.9. The van der Waals surface area contributed by atoms with Crippen LogP contribution in [-0.2, 0) is 12.8 Å². The monoisotopic (exact) mass is 417 g/mol. The maximum absolute atomic E-state index is 12.8. The van der Waals surface area contributed by atoms with Crippen LogP contribution in [0.15, 0.2) is 56.5 Å². The third-order valence-corrected chi connectivity index (χ3v) is 6.06. The molecule has 0 aliphatic heterocycles. The molecule has 1 aliphatic carbocycles. The van der Waals surface area contributed by atoms with Gasteiger partial charge in [-0.25, -0.2) is 0 Å². The predicted molar refractivity (Wildman–Crippen MR) is 122 cm³/mol. The summed E-state index contributed by atoms with van der Waals surface area (Å²) in [5.41, 5.74) is 2.41. The molecule has 0 saturated carbocycles. The fourth-order valence-corrected chi connectivity index (χ4v) is 4.29. The number of allylic oxidation sites excluding steroid dienone is 1. The first kappa shape index (κ1) is 21.0. The van der Waals surface area contributed by atoms with Crippen molar-refractivity contribution in [2.24, 2.45) is 5.41 Å². The molecular formula is C26H27NO4. The van der Waals surface area contributed by atoms with Gasteiger partial charge >= 0.3 is 0 Å². The molecule has 1 atom stereocenters. The molecule has 0 radical (unpaired) electrons. The number of rotatable bonds is 5. The molecule has 0 bridgehead atoms. The number of benzene rings is 1. The van der Waals surface area contributed by atoms with E-state index in [9.17, 15) is 14.4 Å². The molecule has 2 aromatic carbocycles. The lowest BCUT2D eigenvalue weighted by atomic mass is 9.82. The van der Waals surface area contributed by atoms with Crippen LogP contribution >= 0.6 is 0 Å². The van der Waals surface area contributed by atoms with Gasteiger partial charge in [0, 0.05) is 17.5 Å². The lowest BCUT2D eigenvalue weighted by molar-refractivity contribution is 0.102. The number of fused-ring (bicyclic) bond motifs is 1. The van der Waals surface area contributed by atoms with E-state index in [2.05, 4.69) is 11.9 Å². The Morgan fingerprint density at radius 1 is 1.06 bits per heavy atom. The Labute approximate surface area is 181 Å². The Hall–Kier alpha value is -3.21. The molecule has 1 aliphatic rings. The first-order valence-electron chi connectivity index (χ1n) is 10.6. The lowest BCUT2D eigenvalue weighted by Gasteiger charge is -2.32. The Morgan fingerprint density at radius 3 is 2.45 bits per heavy atom. The smallest absolute Gasteiger partial charge is 0.249 e. The predicted octanol–water partition coefficient (Wildman–Crippen LogP) is 4.66. The van der Waals surface area contributed by atoms with Gasteiger partial charge in [0.05, 0.1) is 11.7 Å². The average Bonchev–Trinajstić information content (AvgIpc) is 3.14. The summed E-state index contributed by atoms with van der Waals surface area (Å²) in [6.07, 6.45) is 1.65. The van der Waals surface area contributed by atoms with Crippen LogP contribution in [0.3, 0.4) is 0 Å². The zero-order valence-electron chi connectivity index (χ0n) is 18.4. The molecule has 0 fully saturated rings. The molecule has 5 nitrogen and oxygen atoms in total. The molecular weight excluding hydrogens is 390 g/mol. The van der Waals surface area contributed by atoms with E-state index in [1.165, 1.54) is 0 Å². The quantitative estimate of drug-likeness (QED) is 0.483. The van der Waals surface area contributed by atoms with Gasteiger partial charge in [-0.1, -0.05) is 45.5 Å². The summed E-state index contributed by atoms with van der Waals surface area (Å²) >= 11 is 0. The van der Waals surface area contributed by atoms with Crippen LogP contribution in [0.4, 0.5) is 5.69 Å². The lowest BCUT2D eigenvalue weighted by Crippen LogP contribution is -2.41. The standard InChI is InChI=1S/C26H27NO4/c1-14-9-11-16-7-6-8-17(20(16)22(14)28)13-18-21(24(30)23(18)29)27-25(26(3,4)5)19-12-10-15(2)31-19/h6-8,10,12,25,27H,1,9,11,13H2,2-5H3/t25-/m0/s1. The number of ketones is 1. The van der Waals surface area contributed by atoms with E-state index in [4.69, 9.17) is 4.42 Å². The number of anilines is 1. The number of furan rings is 1. The van der Waals surface area contributed by atoms with Gasteiger partial charge < -0.3 is 9.73 Å². The summed E-state index contributed by atoms with van der Waals surface area (Å²) in [7, 11) is 0. The van der Waals surface area contributed by atoms with Crippen LogP contribution in [-0.4, -0.2) is 5.78 Å². The van der Waals surface area contributed by atoms with E-state index in [1.807, 2.05) is 58.0 Å². The molecule has 3 aromatic rings. The highest BCUT2D eigenvalue weighted by atomic mass is 16.3. The first-order chi connectivity index (χ1) is 14.6. The first-order valence-corrected chi connectivity index (χ1v) is 10.6. The molecule has 4 rings (SSSR count). The molecule has 1 aromatic heterocycles. The van der Waals surface area contributed by atoms with Crippen molar-refractivity contribution < 1.29 is 9.21 Å². The van der Waals surface area contributed by atoms with Gasteiger partial charge in [-0.05, 0) is 54.0 Å². The third kappa shape index (κ3) is 3.69. The van der Waals surface area contributed by atoms with Gasteiger partial charge in [-0.3, -0.25) is 14.4 Å². The highest BCUT2D eigenvalue weighted by Gasteiger charge is 2.33. The van der Waals surface area contributed by atoms with Crippen molar-refractivity contribution in [1.82, 2.24) is 0 Å². The normalized spacial score (nSPS) is 15.2. The molecule has 160 valence electrons. The van der Waals surface area contributed by atoms with Crippen molar-refractivity contribution in [3.63, 3.8) is 0 Å². The molecule has 0 unspecified atom stereocenters. The highest BCUT2D eigenvalue weighted by molar-refractivity contribution is 6.11. The summed E-state index contributed by atoms with van der Waals surface area (Å²) in [5, 5.41) is 3.29. The van der Waals surface area contributed by atoms with Crippen molar-refractivity contribution in [3.8, 4) is 0 Å². The summed E-state index contributed by atoms with van der Waals surface area (Å²) in [6, 6.07) is 9.19. The summed E-state index contributed by atoms with van der Waals surface area (Å²) in [5.74, 6) is 1.43. The number of carbonyl (C=O) groups is 1. The molecule has 1 heterocycles. The number of aryl methyl sites for hydroxylation is 2. The van der Waals surface area contributed by atoms with Crippen LogP contribution in [0.2, 0.25) is 0 Å². The molecule has 0 amide bonds. The molecule has 5 heteroatoms. The van der Waals surface area contributed by atoms with Gasteiger partial charge in [0.1, 0.15) is 11.5 Å².